The van der Waals surface area contributed by atoms with Crippen molar-refractivity contribution in [2.24, 2.45) is 0 Å². The first-order valence-electron chi connectivity index (χ1n) is 6.55. The van der Waals surface area contributed by atoms with Crippen LogP contribution in [0.1, 0.15) is 26.3 Å². The van der Waals surface area contributed by atoms with Crippen LogP contribution in [0.5, 0.6) is 0 Å². The Hall–Kier alpha value is -1.20. The molecule has 18 heavy (non-hydrogen) atoms. The van der Waals surface area contributed by atoms with E-state index in [1.807, 2.05) is 6.20 Å². The number of rotatable bonds is 4. The molecular weight excluding hydrogens is 228 g/mol. The van der Waals surface area contributed by atoms with Crippen LogP contribution in [0.15, 0.2) is 12.5 Å². The summed E-state index contributed by atoms with van der Waals surface area (Å²) < 4.78 is 5.57. The number of hydrogen-bond acceptors (Lipinski definition) is 5. The summed E-state index contributed by atoms with van der Waals surface area (Å²) in [6, 6.07) is 0.460. The van der Waals surface area contributed by atoms with E-state index < -0.39 is 0 Å². The lowest BCUT2D eigenvalue weighted by molar-refractivity contribution is 0.0528. The molecule has 1 unspecified atom stereocenters. The van der Waals surface area contributed by atoms with Crippen LogP contribution in [-0.2, 0) is 11.3 Å². The lowest BCUT2D eigenvalue weighted by atomic mass is 10.2. The fourth-order valence-electron chi connectivity index (χ4n) is 2.09. The van der Waals surface area contributed by atoms with E-state index in [1.165, 1.54) is 0 Å². The minimum Gasteiger partial charge on any atom is -0.375 e. The van der Waals surface area contributed by atoms with Gasteiger partial charge in [0.05, 0.1) is 12.7 Å². The quantitative estimate of drug-likeness (QED) is 0.870. The van der Waals surface area contributed by atoms with E-state index >= 15 is 0 Å². The Bertz CT molecular complexity index is 383. The molecule has 2 heterocycles. The second-order valence-corrected chi connectivity index (χ2v) is 5.03. The van der Waals surface area contributed by atoms with E-state index in [1.54, 1.807) is 6.33 Å². The van der Waals surface area contributed by atoms with Crippen LogP contribution < -0.4 is 10.2 Å². The summed E-state index contributed by atoms with van der Waals surface area (Å²) in [4.78, 5) is 10.8. The maximum atomic E-state index is 5.57. The molecule has 1 atom stereocenters. The summed E-state index contributed by atoms with van der Waals surface area (Å²) in [5, 5.41) is 3.41. The molecule has 1 saturated heterocycles. The van der Waals surface area contributed by atoms with Gasteiger partial charge in [-0.1, -0.05) is 13.8 Å². The summed E-state index contributed by atoms with van der Waals surface area (Å²) in [6.07, 6.45) is 3.78. The molecule has 1 aromatic heterocycles. The average molecular weight is 250 g/mol. The van der Waals surface area contributed by atoms with E-state index in [4.69, 9.17) is 4.74 Å². The van der Waals surface area contributed by atoms with Crippen molar-refractivity contribution in [3.8, 4) is 0 Å². The van der Waals surface area contributed by atoms with E-state index in [0.29, 0.717) is 6.04 Å². The molecular formula is C13H22N4O. The van der Waals surface area contributed by atoms with Crippen molar-refractivity contribution in [3.05, 3.63) is 18.1 Å². The molecule has 1 aliphatic rings. The van der Waals surface area contributed by atoms with Gasteiger partial charge in [-0.05, 0) is 6.92 Å². The van der Waals surface area contributed by atoms with E-state index in [-0.39, 0.29) is 6.10 Å². The number of hydrogen-bond donors (Lipinski definition) is 1. The number of nitrogens with one attached hydrogen (secondary N) is 1. The predicted octanol–water partition coefficient (Wildman–Crippen LogP) is 1.20. The highest BCUT2D eigenvalue weighted by Crippen LogP contribution is 2.19. The Labute approximate surface area is 109 Å². The van der Waals surface area contributed by atoms with Gasteiger partial charge in [-0.2, -0.15) is 0 Å². The second kappa shape index (κ2) is 6.11. The lowest BCUT2D eigenvalue weighted by Gasteiger charge is -2.33. The molecule has 0 amide bonds. The number of anilines is 1. The molecule has 0 aliphatic carbocycles. The van der Waals surface area contributed by atoms with Crippen LogP contribution in [0.25, 0.3) is 0 Å². The summed E-state index contributed by atoms with van der Waals surface area (Å²) in [6.45, 7) is 9.74. The summed E-state index contributed by atoms with van der Waals surface area (Å²) in [7, 11) is 0. The Morgan fingerprint density at radius 3 is 3.11 bits per heavy atom. The minimum atomic E-state index is 0.264. The highest BCUT2D eigenvalue weighted by Gasteiger charge is 2.20. The summed E-state index contributed by atoms with van der Waals surface area (Å²) >= 11 is 0. The molecule has 0 saturated carbocycles. The Morgan fingerprint density at radius 1 is 1.56 bits per heavy atom. The van der Waals surface area contributed by atoms with Crippen LogP contribution in [0.3, 0.4) is 0 Å². The molecule has 1 fully saturated rings. The predicted molar refractivity (Wildman–Crippen MR) is 71.6 cm³/mol. The molecule has 5 nitrogen and oxygen atoms in total. The summed E-state index contributed by atoms with van der Waals surface area (Å²) in [5.74, 6) is 1.04. The van der Waals surface area contributed by atoms with Crippen molar-refractivity contribution in [2.75, 3.05) is 24.6 Å². The first kappa shape index (κ1) is 13.2. The largest absolute Gasteiger partial charge is 0.375 e. The maximum Gasteiger partial charge on any atom is 0.136 e. The second-order valence-electron chi connectivity index (χ2n) is 5.03. The van der Waals surface area contributed by atoms with Crippen molar-refractivity contribution in [3.63, 3.8) is 0 Å². The molecule has 1 aromatic rings. The van der Waals surface area contributed by atoms with Gasteiger partial charge in [-0.3, -0.25) is 0 Å². The van der Waals surface area contributed by atoms with Gasteiger partial charge in [0.2, 0.25) is 0 Å². The fourth-order valence-corrected chi connectivity index (χ4v) is 2.09. The van der Waals surface area contributed by atoms with E-state index in [9.17, 15) is 0 Å². The van der Waals surface area contributed by atoms with E-state index in [0.717, 1.165) is 37.6 Å². The lowest BCUT2D eigenvalue weighted by Crippen LogP contribution is -2.42. The van der Waals surface area contributed by atoms with Crippen LogP contribution in [0.2, 0.25) is 0 Å². The average Bonchev–Trinajstić information content (AvgIpc) is 2.36. The van der Waals surface area contributed by atoms with Crippen molar-refractivity contribution < 1.29 is 4.74 Å². The zero-order valence-electron chi connectivity index (χ0n) is 11.4. The number of nitrogens with zero attached hydrogens (tertiary/aromatic N) is 3. The van der Waals surface area contributed by atoms with Gasteiger partial charge in [0, 0.05) is 37.4 Å². The van der Waals surface area contributed by atoms with Gasteiger partial charge in [-0.15, -0.1) is 0 Å². The molecule has 5 heteroatoms. The van der Waals surface area contributed by atoms with Crippen LogP contribution >= 0.6 is 0 Å². The van der Waals surface area contributed by atoms with E-state index in [2.05, 4.69) is 41.0 Å². The first-order valence-corrected chi connectivity index (χ1v) is 6.55. The van der Waals surface area contributed by atoms with Crippen LogP contribution in [0.4, 0.5) is 5.82 Å². The van der Waals surface area contributed by atoms with Gasteiger partial charge >= 0.3 is 0 Å². The summed E-state index contributed by atoms with van der Waals surface area (Å²) in [5.41, 5.74) is 1.15. The Balaban J connectivity index is 2.10. The third kappa shape index (κ3) is 3.40. The SMILES string of the molecule is CC(C)NCc1cncnc1N1CCOC(C)C1. The molecule has 0 aromatic carbocycles. The first-order chi connectivity index (χ1) is 8.66. The highest BCUT2D eigenvalue weighted by atomic mass is 16.5. The van der Waals surface area contributed by atoms with Crippen molar-refractivity contribution >= 4 is 5.82 Å². The molecule has 1 N–H and O–H groups in total. The third-order valence-corrected chi connectivity index (χ3v) is 3.01. The van der Waals surface area contributed by atoms with Gasteiger partial charge < -0.3 is 15.0 Å². The zero-order valence-corrected chi connectivity index (χ0v) is 11.4. The Morgan fingerprint density at radius 2 is 2.39 bits per heavy atom. The smallest absolute Gasteiger partial charge is 0.136 e. The number of aromatic nitrogens is 2. The standard InChI is InChI=1S/C13H22N4O/c1-10(2)15-7-12-6-14-9-16-13(12)17-4-5-18-11(3)8-17/h6,9-11,15H,4-5,7-8H2,1-3H3. The molecule has 0 radical (unpaired) electrons. The van der Waals surface area contributed by atoms with Crippen molar-refractivity contribution in [1.29, 1.82) is 0 Å². The normalized spacial score (nSPS) is 20.4. The van der Waals surface area contributed by atoms with Gasteiger partial charge in [0.25, 0.3) is 0 Å². The maximum absolute atomic E-state index is 5.57. The molecule has 0 spiro atoms. The Kier molecular flexibility index (Phi) is 4.49. The van der Waals surface area contributed by atoms with Gasteiger partial charge in [-0.25, -0.2) is 9.97 Å². The number of morpholine rings is 1. The van der Waals surface area contributed by atoms with Gasteiger partial charge in [0.15, 0.2) is 0 Å². The zero-order chi connectivity index (χ0) is 13.0. The van der Waals surface area contributed by atoms with Crippen molar-refractivity contribution in [1.82, 2.24) is 15.3 Å². The highest BCUT2D eigenvalue weighted by molar-refractivity contribution is 5.45. The molecule has 0 bridgehead atoms. The number of ether oxygens (including phenoxy) is 1. The van der Waals surface area contributed by atoms with Crippen LogP contribution in [0, 0.1) is 0 Å². The molecule has 2 rings (SSSR count). The third-order valence-electron chi connectivity index (χ3n) is 3.01. The topological polar surface area (TPSA) is 50.3 Å². The van der Waals surface area contributed by atoms with Crippen LogP contribution in [-0.4, -0.2) is 41.8 Å². The monoisotopic (exact) mass is 250 g/mol. The molecule has 100 valence electrons. The van der Waals surface area contributed by atoms with Gasteiger partial charge in [0.1, 0.15) is 12.1 Å². The van der Waals surface area contributed by atoms with Crippen molar-refractivity contribution in [2.45, 2.75) is 39.5 Å². The minimum absolute atomic E-state index is 0.264. The molecule has 1 aliphatic heterocycles. The fraction of sp³-hybridized carbons (Fsp3) is 0.692.